The molecule has 15 heavy (non-hydrogen) atoms. The van der Waals surface area contributed by atoms with Crippen LogP contribution >= 0.6 is 0 Å². The summed E-state index contributed by atoms with van der Waals surface area (Å²) < 4.78 is 0.962. The Balaban J connectivity index is 2.84. The van der Waals surface area contributed by atoms with E-state index in [4.69, 9.17) is 5.73 Å². The summed E-state index contributed by atoms with van der Waals surface area (Å²) >= 11 is 0. The number of benzene rings is 1. The molecule has 0 aliphatic carbocycles. The first-order chi connectivity index (χ1) is 7.14. The summed E-state index contributed by atoms with van der Waals surface area (Å²) in [6, 6.07) is 10.6. The monoisotopic (exact) mass is 207 g/mol. The molecule has 0 amide bonds. The maximum absolute atomic E-state index is 6.11. The molecular formula is C13H23N2+. The van der Waals surface area contributed by atoms with Gasteiger partial charge in [-0.3, -0.25) is 5.73 Å². The van der Waals surface area contributed by atoms with Gasteiger partial charge in [0, 0.05) is 12.5 Å². The van der Waals surface area contributed by atoms with Crippen LogP contribution in [-0.4, -0.2) is 23.7 Å². The molecule has 1 rings (SSSR count). The number of nitrogens with zero attached hydrogens (tertiary/aromatic N) is 1. The van der Waals surface area contributed by atoms with Crippen LogP contribution in [0.2, 0.25) is 0 Å². The van der Waals surface area contributed by atoms with Crippen molar-refractivity contribution in [1.29, 1.82) is 0 Å². The van der Waals surface area contributed by atoms with Crippen molar-refractivity contribution in [1.82, 2.24) is 0 Å². The molecule has 0 saturated carbocycles. The molecule has 1 unspecified atom stereocenters. The van der Waals surface area contributed by atoms with Gasteiger partial charge in [0.05, 0.1) is 13.1 Å². The van der Waals surface area contributed by atoms with Crippen LogP contribution in [-0.2, 0) is 6.54 Å². The first kappa shape index (κ1) is 12.2. The van der Waals surface area contributed by atoms with Crippen LogP contribution in [0.15, 0.2) is 30.3 Å². The summed E-state index contributed by atoms with van der Waals surface area (Å²) in [6.07, 6.45) is 0.195. The molecule has 1 atom stereocenters. The summed E-state index contributed by atoms with van der Waals surface area (Å²) in [5.41, 5.74) is 7.49. The van der Waals surface area contributed by atoms with Gasteiger partial charge in [0.2, 0.25) is 0 Å². The smallest absolute Gasteiger partial charge is 0.137 e. The van der Waals surface area contributed by atoms with Crippen LogP contribution in [0, 0.1) is 0 Å². The molecule has 0 heterocycles. The minimum absolute atomic E-state index is 0.195. The lowest BCUT2D eigenvalue weighted by molar-refractivity contribution is -0.958. The minimum atomic E-state index is 0.195. The van der Waals surface area contributed by atoms with Gasteiger partial charge in [-0.2, -0.15) is 0 Å². The van der Waals surface area contributed by atoms with Crippen molar-refractivity contribution in [3.8, 4) is 0 Å². The van der Waals surface area contributed by atoms with Gasteiger partial charge in [0.15, 0.2) is 0 Å². The van der Waals surface area contributed by atoms with Gasteiger partial charge in [-0.25, -0.2) is 0 Å². The quantitative estimate of drug-likeness (QED) is 0.582. The number of rotatable bonds is 5. The Morgan fingerprint density at radius 3 is 2.07 bits per heavy atom. The molecule has 0 radical (unpaired) electrons. The van der Waals surface area contributed by atoms with Gasteiger partial charge in [-0.1, -0.05) is 30.3 Å². The summed E-state index contributed by atoms with van der Waals surface area (Å²) in [6.45, 7) is 9.75. The summed E-state index contributed by atoms with van der Waals surface area (Å²) in [7, 11) is 0. The van der Waals surface area contributed by atoms with E-state index in [1.165, 1.54) is 5.56 Å². The van der Waals surface area contributed by atoms with Crippen molar-refractivity contribution in [3.05, 3.63) is 35.9 Å². The van der Waals surface area contributed by atoms with Gasteiger partial charge in [0.1, 0.15) is 12.7 Å². The molecule has 2 N–H and O–H groups in total. The maximum atomic E-state index is 6.11. The highest BCUT2D eigenvalue weighted by Gasteiger charge is 2.27. The van der Waals surface area contributed by atoms with Crippen molar-refractivity contribution in [2.45, 2.75) is 33.5 Å². The van der Waals surface area contributed by atoms with Crippen LogP contribution in [0.5, 0.6) is 0 Å². The van der Waals surface area contributed by atoms with E-state index in [0.29, 0.717) is 0 Å². The molecule has 0 fully saturated rings. The van der Waals surface area contributed by atoms with Crippen molar-refractivity contribution in [2.75, 3.05) is 13.1 Å². The van der Waals surface area contributed by atoms with Gasteiger partial charge in [0.25, 0.3) is 0 Å². The maximum Gasteiger partial charge on any atom is 0.137 e. The first-order valence-electron chi connectivity index (χ1n) is 5.80. The molecule has 0 bridgehead atoms. The molecule has 0 aromatic heterocycles. The minimum Gasteiger partial charge on any atom is -0.306 e. The molecular weight excluding hydrogens is 184 g/mol. The van der Waals surface area contributed by atoms with Gasteiger partial charge >= 0.3 is 0 Å². The average Bonchev–Trinajstić information content (AvgIpc) is 2.27. The molecule has 2 nitrogen and oxygen atoms in total. The Bertz CT molecular complexity index is 276. The Hall–Kier alpha value is -0.860. The number of hydrogen-bond donors (Lipinski definition) is 1. The fourth-order valence-electron chi connectivity index (χ4n) is 2.11. The van der Waals surface area contributed by atoms with Crippen LogP contribution in [0.1, 0.15) is 26.3 Å². The van der Waals surface area contributed by atoms with E-state index in [-0.39, 0.29) is 6.17 Å². The molecule has 84 valence electrons. The molecule has 0 aliphatic rings. The number of quaternary nitrogens is 1. The molecule has 0 spiro atoms. The van der Waals surface area contributed by atoms with Crippen LogP contribution in [0.4, 0.5) is 0 Å². The van der Waals surface area contributed by atoms with Crippen LogP contribution in [0.3, 0.4) is 0 Å². The number of nitrogens with two attached hydrogens (primary N) is 1. The lowest BCUT2D eigenvalue weighted by atomic mass is 10.1. The van der Waals surface area contributed by atoms with Crippen molar-refractivity contribution in [2.24, 2.45) is 5.73 Å². The highest BCUT2D eigenvalue weighted by molar-refractivity contribution is 5.13. The normalized spacial score (nSPS) is 13.9. The predicted molar refractivity (Wildman–Crippen MR) is 65.1 cm³/mol. The second-order valence-electron chi connectivity index (χ2n) is 4.24. The second-order valence-corrected chi connectivity index (χ2v) is 4.24. The second kappa shape index (κ2) is 5.29. The molecule has 0 aliphatic heterocycles. The molecule has 1 aromatic rings. The van der Waals surface area contributed by atoms with E-state index in [1.807, 2.05) is 0 Å². The highest BCUT2D eigenvalue weighted by atomic mass is 15.4. The molecule has 0 saturated heterocycles. The van der Waals surface area contributed by atoms with E-state index in [0.717, 1.165) is 24.1 Å². The molecule has 2 heteroatoms. The summed E-state index contributed by atoms with van der Waals surface area (Å²) in [5.74, 6) is 0. The Kier molecular flexibility index (Phi) is 4.30. The van der Waals surface area contributed by atoms with Gasteiger partial charge < -0.3 is 4.48 Å². The Morgan fingerprint density at radius 2 is 1.67 bits per heavy atom. The lowest BCUT2D eigenvalue weighted by Crippen LogP contribution is -2.57. The summed E-state index contributed by atoms with van der Waals surface area (Å²) in [5, 5.41) is 0. The fourth-order valence-corrected chi connectivity index (χ4v) is 2.11. The third kappa shape index (κ3) is 2.80. The highest BCUT2D eigenvalue weighted by Crippen LogP contribution is 2.16. The van der Waals surface area contributed by atoms with E-state index in [1.54, 1.807) is 0 Å². The van der Waals surface area contributed by atoms with Crippen molar-refractivity contribution in [3.63, 3.8) is 0 Å². The average molecular weight is 207 g/mol. The standard InChI is InChI=1S/C13H23N2/c1-4-15(5-2,12(3)14)11-13-9-7-6-8-10-13/h6-10,12H,4-5,11,14H2,1-3H3/q+1. The zero-order valence-corrected chi connectivity index (χ0v) is 10.1. The Labute approximate surface area is 93.3 Å². The van der Waals surface area contributed by atoms with Crippen LogP contribution in [0.25, 0.3) is 0 Å². The topological polar surface area (TPSA) is 26.0 Å². The zero-order chi connectivity index (χ0) is 11.3. The number of hydrogen-bond acceptors (Lipinski definition) is 1. The largest absolute Gasteiger partial charge is 0.306 e. The van der Waals surface area contributed by atoms with Crippen LogP contribution < -0.4 is 5.73 Å². The third-order valence-corrected chi connectivity index (χ3v) is 3.46. The van der Waals surface area contributed by atoms with Crippen molar-refractivity contribution >= 4 is 0 Å². The SMILES string of the molecule is CC[N+](CC)(Cc1ccccc1)C(C)N. The van der Waals surface area contributed by atoms with Crippen molar-refractivity contribution < 1.29 is 4.48 Å². The predicted octanol–water partition coefficient (Wildman–Crippen LogP) is 2.35. The van der Waals surface area contributed by atoms with E-state index < -0.39 is 0 Å². The Morgan fingerprint density at radius 1 is 1.13 bits per heavy atom. The zero-order valence-electron chi connectivity index (χ0n) is 10.1. The van der Waals surface area contributed by atoms with E-state index in [9.17, 15) is 0 Å². The lowest BCUT2D eigenvalue weighted by Gasteiger charge is -2.40. The summed E-state index contributed by atoms with van der Waals surface area (Å²) in [4.78, 5) is 0. The van der Waals surface area contributed by atoms with E-state index in [2.05, 4.69) is 51.1 Å². The van der Waals surface area contributed by atoms with Gasteiger partial charge in [-0.05, 0) is 13.8 Å². The molecule has 1 aromatic carbocycles. The van der Waals surface area contributed by atoms with E-state index >= 15 is 0 Å². The van der Waals surface area contributed by atoms with Gasteiger partial charge in [-0.15, -0.1) is 0 Å². The fraction of sp³-hybridized carbons (Fsp3) is 0.538. The third-order valence-electron chi connectivity index (χ3n) is 3.46. The first-order valence-corrected chi connectivity index (χ1v) is 5.80.